The number of nitrogens with zero attached hydrogens (tertiary/aromatic N) is 1. The van der Waals surface area contributed by atoms with Crippen LogP contribution < -0.4 is 33.2 Å². The zero-order valence-corrected chi connectivity index (χ0v) is 21.1. The third-order valence-corrected chi connectivity index (χ3v) is 5.88. The number of amides is 3. The Morgan fingerprint density at radius 1 is 0.853 bits per heavy atom. The van der Waals surface area contributed by atoms with Crippen molar-refractivity contribution in [3.05, 3.63) is 0 Å². The quantitative estimate of drug-likeness (QED) is 0.0527. The van der Waals surface area contributed by atoms with E-state index in [1.165, 1.54) is 23.5 Å². The van der Waals surface area contributed by atoms with E-state index in [2.05, 4.69) is 20.9 Å². The summed E-state index contributed by atoms with van der Waals surface area (Å²) in [5.41, 5.74) is 16.5. The van der Waals surface area contributed by atoms with E-state index in [1.807, 2.05) is 12.5 Å². The molecule has 15 heteroatoms. The zero-order chi connectivity index (χ0) is 26.1. The number of nitrogens with two attached hydrogens (primary N) is 3. The topological polar surface area (TPSA) is 235 Å². The number of hydrogen-bond acceptors (Lipinski definition) is 9. The lowest BCUT2D eigenvalue weighted by Gasteiger charge is -2.25. The summed E-state index contributed by atoms with van der Waals surface area (Å²) in [6.07, 6.45) is 4.87. The van der Waals surface area contributed by atoms with Crippen LogP contribution in [0.2, 0.25) is 0 Å². The number of guanidine groups is 1. The highest BCUT2D eigenvalue weighted by molar-refractivity contribution is 7.98. The first kappa shape index (κ1) is 31.8. The van der Waals surface area contributed by atoms with Gasteiger partial charge >= 0.3 is 5.97 Å². The van der Waals surface area contributed by atoms with Gasteiger partial charge in [0, 0.05) is 6.54 Å². The van der Waals surface area contributed by atoms with E-state index in [9.17, 15) is 19.2 Å². The molecule has 13 nitrogen and oxygen atoms in total. The van der Waals surface area contributed by atoms with Crippen LogP contribution in [0.25, 0.3) is 0 Å². The number of aliphatic hydroxyl groups excluding tert-OH is 1. The molecule has 0 bridgehead atoms. The van der Waals surface area contributed by atoms with E-state index in [4.69, 9.17) is 27.4 Å². The minimum absolute atomic E-state index is 0.102. The van der Waals surface area contributed by atoms with E-state index >= 15 is 0 Å². The summed E-state index contributed by atoms with van der Waals surface area (Å²) < 4.78 is 0. The molecule has 0 rings (SSSR count). The van der Waals surface area contributed by atoms with Crippen LogP contribution in [-0.4, -0.2) is 101 Å². The third kappa shape index (κ3) is 13.5. The van der Waals surface area contributed by atoms with Gasteiger partial charge in [-0.05, 0) is 49.7 Å². The van der Waals surface area contributed by atoms with Gasteiger partial charge in [0.15, 0.2) is 5.96 Å². The molecule has 0 aliphatic rings. The number of aliphatic imine (C=N–C) groups is 1. The molecule has 0 saturated heterocycles. The molecule has 0 aliphatic carbocycles. The Morgan fingerprint density at radius 2 is 1.35 bits per heavy atom. The van der Waals surface area contributed by atoms with Crippen molar-refractivity contribution in [3.63, 3.8) is 0 Å². The molecule has 0 aromatic carbocycles. The molecule has 0 spiro atoms. The first-order chi connectivity index (χ1) is 16.1. The first-order valence-electron chi connectivity index (χ1n) is 10.6. The average Bonchev–Trinajstić information content (AvgIpc) is 2.79. The summed E-state index contributed by atoms with van der Waals surface area (Å²) in [6, 6.07) is -4.40. The summed E-state index contributed by atoms with van der Waals surface area (Å²) in [7, 11) is 0. The maximum absolute atomic E-state index is 13.0. The smallest absolute Gasteiger partial charge is 0.328 e. The number of carboxylic acid groups (broad SMARTS) is 1. The highest BCUT2D eigenvalue weighted by Crippen LogP contribution is 2.06. The fourth-order valence-electron chi connectivity index (χ4n) is 2.66. The van der Waals surface area contributed by atoms with E-state index in [0.717, 1.165) is 0 Å². The molecule has 0 fully saturated rings. The van der Waals surface area contributed by atoms with Crippen molar-refractivity contribution in [2.75, 3.05) is 37.2 Å². The summed E-state index contributed by atoms with van der Waals surface area (Å²) >= 11 is 2.97. The summed E-state index contributed by atoms with van der Waals surface area (Å²) in [6.45, 7) is -0.574. The number of rotatable bonds is 18. The maximum atomic E-state index is 13.0. The van der Waals surface area contributed by atoms with Crippen molar-refractivity contribution >= 4 is 53.2 Å². The Labute approximate surface area is 207 Å². The van der Waals surface area contributed by atoms with Crippen molar-refractivity contribution in [1.82, 2.24) is 16.0 Å². The summed E-state index contributed by atoms with van der Waals surface area (Å²) in [5, 5.41) is 25.6. The molecule has 4 unspecified atom stereocenters. The van der Waals surface area contributed by atoms with Crippen LogP contribution in [-0.2, 0) is 19.2 Å². The van der Waals surface area contributed by atoms with Gasteiger partial charge in [0.05, 0.1) is 12.6 Å². The van der Waals surface area contributed by atoms with E-state index < -0.39 is 54.5 Å². The SMILES string of the molecule is CSCCC(N)C(=O)NC(CCCN=C(N)N)C(=O)NC(CCSC)C(=O)NC(CO)C(=O)O. The van der Waals surface area contributed by atoms with E-state index in [1.54, 1.807) is 0 Å². The Balaban J connectivity index is 5.43. The number of hydrogen-bond donors (Lipinski definition) is 8. The van der Waals surface area contributed by atoms with E-state index in [0.29, 0.717) is 24.3 Å². The molecule has 0 radical (unpaired) electrons. The number of carbonyl (C=O) groups excluding carboxylic acids is 3. The summed E-state index contributed by atoms with van der Waals surface area (Å²) in [5.74, 6) is -2.24. The van der Waals surface area contributed by atoms with Gasteiger partial charge in [-0.1, -0.05) is 0 Å². The van der Waals surface area contributed by atoms with Gasteiger partial charge in [-0.2, -0.15) is 23.5 Å². The number of carboxylic acids is 1. The lowest BCUT2D eigenvalue weighted by molar-refractivity contribution is -0.143. The minimum Gasteiger partial charge on any atom is -0.480 e. The number of nitrogens with one attached hydrogen (secondary N) is 3. The number of aliphatic hydroxyl groups is 1. The molecule has 196 valence electrons. The van der Waals surface area contributed by atoms with Crippen LogP contribution in [0, 0.1) is 0 Å². The molecule has 0 saturated carbocycles. The molecule has 4 atom stereocenters. The fraction of sp³-hybridized carbons (Fsp3) is 0.737. The highest BCUT2D eigenvalue weighted by Gasteiger charge is 2.29. The Kier molecular flexibility index (Phi) is 17.0. The predicted molar refractivity (Wildman–Crippen MR) is 134 cm³/mol. The van der Waals surface area contributed by atoms with Gasteiger partial charge in [0.25, 0.3) is 0 Å². The highest BCUT2D eigenvalue weighted by atomic mass is 32.2. The van der Waals surface area contributed by atoms with E-state index in [-0.39, 0.29) is 25.3 Å². The van der Waals surface area contributed by atoms with Crippen LogP contribution >= 0.6 is 23.5 Å². The first-order valence-corrected chi connectivity index (χ1v) is 13.4. The zero-order valence-electron chi connectivity index (χ0n) is 19.5. The second-order valence-corrected chi connectivity index (χ2v) is 9.29. The summed E-state index contributed by atoms with van der Waals surface area (Å²) in [4.78, 5) is 53.1. The van der Waals surface area contributed by atoms with Crippen LogP contribution in [0.4, 0.5) is 0 Å². The molecular formula is C19H37N7O6S2. The normalized spacial score (nSPS) is 14.2. The monoisotopic (exact) mass is 523 g/mol. The Hall–Kier alpha value is -2.23. The van der Waals surface area contributed by atoms with Crippen LogP contribution in [0.3, 0.4) is 0 Å². The number of carbonyl (C=O) groups is 4. The van der Waals surface area contributed by atoms with Gasteiger partial charge < -0.3 is 43.4 Å². The molecule has 0 heterocycles. The molecule has 0 aromatic heterocycles. The predicted octanol–water partition coefficient (Wildman–Crippen LogP) is -2.60. The third-order valence-electron chi connectivity index (χ3n) is 4.59. The van der Waals surface area contributed by atoms with Crippen LogP contribution in [0.15, 0.2) is 4.99 Å². The van der Waals surface area contributed by atoms with Crippen molar-refractivity contribution in [2.45, 2.75) is 49.9 Å². The van der Waals surface area contributed by atoms with Gasteiger partial charge in [-0.25, -0.2) is 4.79 Å². The largest absolute Gasteiger partial charge is 0.480 e. The standard InChI is InChI=1S/C19H37N7O6S2/c1-33-8-5-11(20)15(28)24-12(4-3-7-23-19(21)22)16(29)25-13(6-9-34-2)17(30)26-14(10-27)18(31)32/h11-14,27H,3-10,20H2,1-2H3,(H,24,28)(H,25,29)(H,26,30)(H,31,32)(H4,21,22,23). The van der Waals surface area contributed by atoms with Gasteiger partial charge in [-0.15, -0.1) is 0 Å². The lowest BCUT2D eigenvalue weighted by Crippen LogP contribution is -2.57. The number of aliphatic carboxylic acids is 1. The van der Waals surface area contributed by atoms with Crippen LogP contribution in [0.1, 0.15) is 25.7 Å². The minimum atomic E-state index is -1.51. The molecule has 11 N–H and O–H groups in total. The molecule has 3 amide bonds. The van der Waals surface area contributed by atoms with Crippen molar-refractivity contribution < 1.29 is 29.4 Å². The molecular weight excluding hydrogens is 486 g/mol. The molecule has 0 aliphatic heterocycles. The maximum Gasteiger partial charge on any atom is 0.328 e. The van der Waals surface area contributed by atoms with Crippen molar-refractivity contribution in [1.29, 1.82) is 0 Å². The lowest BCUT2D eigenvalue weighted by atomic mass is 10.1. The van der Waals surface area contributed by atoms with Crippen molar-refractivity contribution in [2.24, 2.45) is 22.2 Å². The fourth-order valence-corrected chi connectivity index (χ4v) is 3.62. The number of thioether (sulfide) groups is 2. The molecule has 34 heavy (non-hydrogen) atoms. The van der Waals surface area contributed by atoms with Crippen LogP contribution in [0.5, 0.6) is 0 Å². The Morgan fingerprint density at radius 3 is 1.85 bits per heavy atom. The van der Waals surface area contributed by atoms with Gasteiger partial charge in [-0.3, -0.25) is 19.4 Å². The second kappa shape index (κ2) is 18.1. The van der Waals surface area contributed by atoms with Gasteiger partial charge in [0.2, 0.25) is 17.7 Å². The Bertz CT molecular complexity index is 694. The average molecular weight is 524 g/mol. The van der Waals surface area contributed by atoms with Gasteiger partial charge in [0.1, 0.15) is 18.1 Å². The molecule has 0 aromatic rings. The second-order valence-electron chi connectivity index (χ2n) is 7.32. The van der Waals surface area contributed by atoms with Crippen molar-refractivity contribution in [3.8, 4) is 0 Å².